The molecule has 24 heavy (non-hydrogen) atoms. The molecule has 0 radical (unpaired) electrons. The molecule has 2 atom stereocenters. The molecule has 1 aromatic rings. The van der Waals surface area contributed by atoms with Crippen LogP contribution in [0.15, 0.2) is 24.3 Å². The molecule has 1 rings (SSSR count). The van der Waals surface area contributed by atoms with Crippen LogP contribution >= 0.6 is 0 Å². The summed E-state index contributed by atoms with van der Waals surface area (Å²) in [5, 5.41) is 3.02. The van der Waals surface area contributed by atoms with Gasteiger partial charge in [0.2, 0.25) is 11.8 Å². The van der Waals surface area contributed by atoms with Crippen molar-refractivity contribution in [2.75, 3.05) is 0 Å². The van der Waals surface area contributed by atoms with E-state index in [0.717, 1.165) is 18.4 Å². The van der Waals surface area contributed by atoms with Crippen molar-refractivity contribution in [3.63, 3.8) is 0 Å². The van der Waals surface area contributed by atoms with Gasteiger partial charge in [-0.25, -0.2) is 0 Å². The van der Waals surface area contributed by atoms with Crippen LogP contribution in [0.3, 0.4) is 0 Å². The Morgan fingerprint density at radius 3 is 2.21 bits per heavy atom. The molecule has 134 valence electrons. The van der Waals surface area contributed by atoms with E-state index in [9.17, 15) is 9.59 Å². The van der Waals surface area contributed by atoms with Gasteiger partial charge in [0, 0.05) is 19.0 Å². The summed E-state index contributed by atoms with van der Waals surface area (Å²) in [6.45, 7) is 10.5. The van der Waals surface area contributed by atoms with Crippen LogP contribution in [0.5, 0.6) is 0 Å². The van der Waals surface area contributed by atoms with Gasteiger partial charge in [-0.2, -0.15) is 0 Å². The molecule has 1 aromatic carbocycles. The van der Waals surface area contributed by atoms with Crippen LogP contribution in [-0.2, 0) is 16.1 Å². The number of hydrogen-bond donors (Lipinski definition) is 1. The summed E-state index contributed by atoms with van der Waals surface area (Å²) in [6.07, 6.45) is 2.75. The SMILES string of the molecule is CCCC(=O)N(Cc1ccc(C)cc1)C(CC)C(=O)NC(C)CC. The molecule has 0 heterocycles. The maximum Gasteiger partial charge on any atom is 0.243 e. The lowest BCUT2D eigenvalue weighted by atomic mass is 10.1. The minimum Gasteiger partial charge on any atom is -0.352 e. The lowest BCUT2D eigenvalue weighted by Gasteiger charge is -2.31. The smallest absolute Gasteiger partial charge is 0.243 e. The Morgan fingerprint density at radius 1 is 1.08 bits per heavy atom. The van der Waals surface area contributed by atoms with Gasteiger partial charge in [0.25, 0.3) is 0 Å². The molecule has 2 unspecified atom stereocenters. The number of nitrogens with one attached hydrogen (secondary N) is 1. The molecular weight excluding hydrogens is 300 g/mol. The topological polar surface area (TPSA) is 49.4 Å². The molecule has 4 heteroatoms. The summed E-state index contributed by atoms with van der Waals surface area (Å²) in [7, 11) is 0. The predicted molar refractivity (Wildman–Crippen MR) is 98.6 cm³/mol. The first-order valence-electron chi connectivity index (χ1n) is 9.08. The highest BCUT2D eigenvalue weighted by Gasteiger charge is 2.28. The van der Waals surface area contributed by atoms with E-state index >= 15 is 0 Å². The number of benzene rings is 1. The summed E-state index contributed by atoms with van der Waals surface area (Å²) < 4.78 is 0. The number of aryl methyl sites for hydroxylation is 1. The molecule has 0 saturated carbocycles. The lowest BCUT2D eigenvalue weighted by Crippen LogP contribution is -2.50. The van der Waals surface area contributed by atoms with Gasteiger partial charge in [-0.05, 0) is 38.7 Å². The number of carbonyl (C=O) groups is 2. The van der Waals surface area contributed by atoms with Gasteiger partial charge in [-0.3, -0.25) is 9.59 Å². The Labute approximate surface area is 146 Å². The maximum absolute atomic E-state index is 12.6. The van der Waals surface area contributed by atoms with Crippen molar-refractivity contribution in [2.45, 2.75) is 78.9 Å². The average molecular weight is 332 g/mol. The van der Waals surface area contributed by atoms with E-state index in [0.29, 0.717) is 19.4 Å². The zero-order valence-electron chi connectivity index (χ0n) is 15.8. The number of amides is 2. The van der Waals surface area contributed by atoms with Crippen LogP contribution in [-0.4, -0.2) is 28.8 Å². The third kappa shape index (κ3) is 5.99. The Hall–Kier alpha value is -1.84. The van der Waals surface area contributed by atoms with Crippen molar-refractivity contribution in [3.8, 4) is 0 Å². The van der Waals surface area contributed by atoms with Crippen molar-refractivity contribution < 1.29 is 9.59 Å². The molecule has 0 aliphatic rings. The molecule has 4 nitrogen and oxygen atoms in total. The molecule has 0 aliphatic heterocycles. The highest BCUT2D eigenvalue weighted by atomic mass is 16.2. The van der Waals surface area contributed by atoms with Crippen LogP contribution in [0.4, 0.5) is 0 Å². The molecule has 0 spiro atoms. The zero-order chi connectivity index (χ0) is 18.1. The van der Waals surface area contributed by atoms with E-state index in [2.05, 4.69) is 5.32 Å². The maximum atomic E-state index is 12.6. The fourth-order valence-corrected chi connectivity index (χ4v) is 2.61. The van der Waals surface area contributed by atoms with Crippen molar-refractivity contribution in [3.05, 3.63) is 35.4 Å². The summed E-state index contributed by atoms with van der Waals surface area (Å²) in [5.41, 5.74) is 2.24. The van der Waals surface area contributed by atoms with Crippen LogP contribution in [0.1, 0.15) is 64.5 Å². The number of carbonyl (C=O) groups excluding carboxylic acids is 2. The van der Waals surface area contributed by atoms with Gasteiger partial charge in [0.1, 0.15) is 6.04 Å². The lowest BCUT2D eigenvalue weighted by molar-refractivity contribution is -0.141. The summed E-state index contributed by atoms with van der Waals surface area (Å²) in [5.74, 6) is -0.00681. The van der Waals surface area contributed by atoms with E-state index < -0.39 is 6.04 Å². The van der Waals surface area contributed by atoms with Crippen LogP contribution in [0.25, 0.3) is 0 Å². The Balaban J connectivity index is 2.98. The molecular formula is C20H32N2O2. The minimum absolute atomic E-state index is 0.0456. The van der Waals surface area contributed by atoms with E-state index in [-0.39, 0.29) is 17.9 Å². The molecule has 2 amide bonds. The second-order valence-corrected chi connectivity index (χ2v) is 6.50. The van der Waals surface area contributed by atoms with Crippen molar-refractivity contribution >= 4 is 11.8 Å². The van der Waals surface area contributed by atoms with Crippen LogP contribution < -0.4 is 5.32 Å². The molecule has 1 N–H and O–H groups in total. The third-order valence-corrected chi connectivity index (χ3v) is 4.32. The minimum atomic E-state index is -0.417. The van der Waals surface area contributed by atoms with Gasteiger partial charge >= 0.3 is 0 Å². The molecule has 0 bridgehead atoms. The van der Waals surface area contributed by atoms with Crippen molar-refractivity contribution in [1.82, 2.24) is 10.2 Å². The second kappa shape index (κ2) is 10.1. The van der Waals surface area contributed by atoms with Crippen LogP contribution in [0, 0.1) is 6.92 Å². The van der Waals surface area contributed by atoms with E-state index in [1.165, 1.54) is 5.56 Å². The highest BCUT2D eigenvalue weighted by Crippen LogP contribution is 2.15. The van der Waals surface area contributed by atoms with Gasteiger partial charge in [-0.1, -0.05) is 50.6 Å². The van der Waals surface area contributed by atoms with Gasteiger partial charge in [0.05, 0.1) is 0 Å². The third-order valence-electron chi connectivity index (χ3n) is 4.32. The van der Waals surface area contributed by atoms with Crippen LogP contribution in [0.2, 0.25) is 0 Å². The number of nitrogens with zero attached hydrogens (tertiary/aromatic N) is 1. The molecule has 0 aliphatic carbocycles. The summed E-state index contributed by atoms with van der Waals surface area (Å²) in [4.78, 5) is 27.0. The average Bonchev–Trinajstić information content (AvgIpc) is 2.56. The van der Waals surface area contributed by atoms with Crippen molar-refractivity contribution in [2.24, 2.45) is 0 Å². The Bertz CT molecular complexity index is 525. The van der Waals surface area contributed by atoms with Gasteiger partial charge in [0.15, 0.2) is 0 Å². The fraction of sp³-hybridized carbons (Fsp3) is 0.600. The van der Waals surface area contributed by atoms with E-state index in [1.807, 2.05) is 58.9 Å². The zero-order valence-corrected chi connectivity index (χ0v) is 15.8. The fourth-order valence-electron chi connectivity index (χ4n) is 2.61. The highest BCUT2D eigenvalue weighted by molar-refractivity contribution is 5.87. The summed E-state index contributed by atoms with van der Waals surface area (Å²) >= 11 is 0. The van der Waals surface area contributed by atoms with E-state index in [4.69, 9.17) is 0 Å². The van der Waals surface area contributed by atoms with Gasteiger partial charge in [-0.15, -0.1) is 0 Å². The van der Waals surface area contributed by atoms with Crippen molar-refractivity contribution in [1.29, 1.82) is 0 Å². The second-order valence-electron chi connectivity index (χ2n) is 6.50. The largest absolute Gasteiger partial charge is 0.352 e. The monoisotopic (exact) mass is 332 g/mol. The number of hydrogen-bond acceptors (Lipinski definition) is 2. The van der Waals surface area contributed by atoms with E-state index in [1.54, 1.807) is 4.90 Å². The number of rotatable bonds is 9. The molecule has 0 saturated heterocycles. The standard InChI is InChI=1S/C20H32N2O2/c1-6-9-19(23)22(14-17-12-10-15(4)11-13-17)18(8-3)20(24)21-16(5)7-2/h10-13,16,18H,6-9,14H2,1-5H3,(H,21,24). The summed E-state index contributed by atoms with van der Waals surface area (Å²) in [6, 6.07) is 7.84. The normalized spacial score (nSPS) is 13.2. The first-order chi connectivity index (χ1) is 11.4. The first kappa shape index (κ1) is 20.2. The Morgan fingerprint density at radius 2 is 1.71 bits per heavy atom. The molecule has 0 fully saturated rings. The first-order valence-corrected chi connectivity index (χ1v) is 9.08. The Kier molecular flexibility index (Phi) is 8.51. The van der Waals surface area contributed by atoms with Gasteiger partial charge < -0.3 is 10.2 Å². The molecule has 0 aromatic heterocycles. The predicted octanol–water partition coefficient (Wildman–Crippen LogP) is 3.82. The quantitative estimate of drug-likeness (QED) is 0.747.